The lowest BCUT2D eigenvalue weighted by Crippen LogP contribution is -2.37. The Morgan fingerprint density at radius 2 is 2.21 bits per heavy atom. The quantitative estimate of drug-likeness (QED) is 0.794. The first-order valence-corrected chi connectivity index (χ1v) is 6.91. The van der Waals surface area contributed by atoms with Crippen LogP contribution in [-0.4, -0.2) is 30.1 Å². The smallest absolute Gasteiger partial charge is 0.336 e. The second-order valence-corrected chi connectivity index (χ2v) is 5.39. The number of halogens is 1. The summed E-state index contributed by atoms with van der Waals surface area (Å²) in [6.45, 7) is 1.62. The molecule has 19 heavy (non-hydrogen) atoms. The number of aromatic carboxylic acids is 1. The van der Waals surface area contributed by atoms with Crippen LogP contribution < -0.4 is 10.6 Å². The maximum absolute atomic E-state index is 12.0. The molecule has 1 amide bonds. The van der Waals surface area contributed by atoms with Gasteiger partial charge < -0.3 is 15.7 Å². The van der Waals surface area contributed by atoms with E-state index in [0.717, 1.165) is 19.4 Å². The molecule has 5 nitrogen and oxygen atoms in total. The molecule has 6 heteroatoms. The predicted octanol–water partition coefficient (Wildman–Crippen LogP) is 2.09. The van der Waals surface area contributed by atoms with E-state index in [0.29, 0.717) is 16.7 Å². The van der Waals surface area contributed by atoms with Gasteiger partial charge in [-0.3, -0.25) is 4.79 Å². The third kappa shape index (κ3) is 3.54. The van der Waals surface area contributed by atoms with Crippen LogP contribution in [-0.2, 0) is 4.79 Å². The largest absolute Gasteiger partial charge is 0.478 e. The summed E-state index contributed by atoms with van der Waals surface area (Å²) >= 11 is 3.17. The van der Waals surface area contributed by atoms with Gasteiger partial charge >= 0.3 is 5.97 Å². The van der Waals surface area contributed by atoms with Crippen LogP contribution >= 0.6 is 15.9 Å². The van der Waals surface area contributed by atoms with Crippen LogP contribution in [0.2, 0.25) is 0 Å². The van der Waals surface area contributed by atoms with Gasteiger partial charge in [-0.05, 0) is 53.5 Å². The Kier molecular flexibility index (Phi) is 4.55. The Balaban J connectivity index is 2.08. The van der Waals surface area contributed by atoms with E-state index in [1.807, 2.05) is 0 Å². The van der Waals surface area contributed by atoms with Crippen LogP contribution in [0.1, 0.15) is 23.2 Å². The van der Waals surface area contributed by atoms with E-state index in [2.05, 4.69) is 26.6 Å². The van der Waals surface area contributed by atoms with Crippen molar-refractivity contribution >= 4 is 33.5 Å². The standard InChI is InChI=1S/C13H15BrN2O3/c14-11-4-3-9(6-10(11)13(18)19)16-12(17)8-2-1-5-15-7-8/h3-4,6,8,15H,1-2,5,7H2,(H,16,17)(H,18,19)/t8-/m0/s1. The summed E-state index contributed by atoms with van der Waals surface area (Å²) < 4.78 is 0.498. The average molecular weight is 327 g/mol. The number of hydrogen-bond acceptors (Lipinski definition) is 3. The monoisotopic (exact) mass is 326 g/mol. The molecule has 1 aromatic carbocycles. The van der Waals surface area contributed by atoms with Gasteiger partial charge in [0, 0.05) is 16.7 Å². The molecular weight excluding hydrogens is 312 g/mol. The van der Waals surface area contributed by atoms with Gasteiger partial charge in [0.05, 0.1) is 11.5 Å². The lowest BCUT2D eigenvalue weighted by atomic mass is 9.99. The number of nitrogens with one attached hydrogen (secondary N) is 2. The van der Waals surface area contributed by atoms with E-state index in [-0.39, 0.29) is 17.4 Å². The van der Waals surface area contributed by atoms with Gasteiger partial charge in [-0.1, -0.05) is 0 Å². The number of carboxylic acids is 1. The fraction of sp³-hybridized carbons (Fsp3) is 0.385. The molecule has 2 rings (SSSR count). The lowest BCUT2D eigenvalue weighted by Gasteiger charge is -2.22. The average Bonchev–Trinajstić information content (AvgIpc) is 2.41. The summed E-state index contributed by atoms with van der Waals surface area (Å²) in [7, 11) is 0. The van der Waals surface area contributed by atoms with Crippen molar-refractivity contribution in [3.8, 4) is 0 Å². The first-order chi connectivity index (χ1) is 9.08. The molecule has 0 saturated carbocycles. The minimum absolute atomic E-state index is 0.0503. The van der Waals surface area contributed by atoms with Crippen LogP contribution in [0.3, 0.4) is 0 Å². The highest BCUT2D eigenvalue weighted by Crippen LogP contribution is 2.22. The highest BCUT2D eigenvalue weighted by molar-refractivity contribution is 9.10. The third-order valence-electron chi connectivity index (χ3n) is 3.13. The number of hydrogen-bond donors (Lipinski definition) is 3. The molecule has 1 saturated heterocycles. The molecule has 0 unspecified atom stereocenters. The second kappa shape index (κ2) is 6.16. The van der Waals surface area contributed by atoms with Gasteiger partial charge in [0.15, 0.2) is 0 Å². The molecule has 1 heterocycles. The molecule has 0 spiro atoms. The van der Waals surface area contributed by atoms with Crippen LogP contribution in [0.15, 0.2) is 22.7 Å². The van der Waals surface area contributed by atoms with Gasteiger partial charge in [0.25, 0.3) is 0 Å². The molecule has 1 aromatic rings. The maximum Gasteiger partial charge on any atom is 0.336 e. The molecule has 102 valence electrons. The van der Waals surface area contributed by atoms with E-state index in [1.54, 1.807) is 12.1 Å². The van der Waals surface area contributed by atoms with Crippen molar-refractivity contribution in [2.45, 2.75) is 12.8 Å². The van der Waals surface area contributed by atoms with Gasteiger partial charge in [0.2, 0.25) is 5.91 Å². The SMILES string of the molecule is O=C(O)c1cc(NC(=O)[C@H]2CCCNC2)ccc1Br. The number of amides is 1. The van der Waals surface area contributed by atoms with E-state index in [4.69, 9.17) is 5.11 Å². The van der Waals surface area contributed by atoms with Gasteiger partial charge in [-0.25, -0.2) is 4.79 Å². The Morgan fingerprint density at radius 1 is 1.42 bits per heavy atom. The maximum atomic E-state index is 12.0. The Labute approximate surface area is 119 Å². The van der Waals surface area contributed by atoms with E-state index >= 15 is 0 Å². The highest BCUT2D eigenvalue weighted by atomic mass is 79.9. The van der Waals surface area contributed by atoms with Gasteiger partial charge in [-0.2, -0.15) is 0 Å². The normalized spacial score (nSPS) is 18.9. The van der Waals surface area contributed by atoms with E-state index in [1.165, 1.54) is 6.07 Å². The zero-order chi connectivity index (χ0) is 13.8. The first-order valence-electron chi connectivity index (χ1n) is 6.12. The van der Waals surface area contributed by atoms with Crippen molar-refractivity contribution in [2.75, 3.05) is 18.4 Å². The zero-order valence-electron chi connectivity index (χ0n) is 10.3. The van der Waals surface area contributed by atoms with Gasteiger partial charge in [0.1, 0.15) is 0 Å². The first kappa shape index (κ1) is 14.0. The van der Waals surface area contributed by atoms with Crippen molar-refractivity contribution in [3.63, 3.8) is 0 Å². The van der Waals surface area contributed by atoms with Crippen LogP contribution in [0.5, 0.6) is 0 Å². The molecule has 0 aromatic heterocycles. The molecule has 1 atom stereocenters. The molecular formula is C13H15BrN2O3. The van der Waals surface area contributed by atoms with Crippen molar-refractivity contribution in [1.82, 2.24) is 5.32 Å². The molecule has 1 aliphatic heterocycles. The molecule has 0 aliphatic carbocycles. The molecule has 3 N–H and O–H groups in total. The topological polar surface area (TPSA) is 78.4 Å². The van der Waals surface area contributed by atoms with Crippen LogP contribution in [0, 0.1) is 5.92 Å². The Bertz CT molecular complexity index is 499. The number of benzene rings is 1. The fourth-order valence-corrected chi connectivity index (χ4v) is 2.50. The number of rotatable bonds is 3. The summed E-state index contributed by atoms with van der Waals surface area (Å²) in [6, 6.07) is 4.77. The summed E-state index contributed by atoms with van der Waals surface area (Å²) in [5.41, 5.74) is 0.649. The number of carbonyl (C=O) groups excluding carboxylic acids is 1. The number of anilines is 1. The number of carbonyl (C=O) groups is 2. The number of carboxylic acid groups (broad SMARTS) is 1. The minimum atomic E-state index is -1.03. The van der Waals surface area contributed by atoms with Crippen molar-refractivity contribution in [1.29, 1.82) is 0 Å². The van der Waals surface area contributed by atoms with E-state index in [9.17, 15) is 9.59 Å². The van der Waals surface area contributed by atoms with Crippen LogP contribution in [0.4, 0.5) is 5.69 Å². The highest BCUT2D eigenvalue weighted by Gasteiger charge is 2.21. The number of piperidine rings is 1. The summed E-state index contributed by atoms with van der Waals surface area (Å²) in [5.74, 6) is -1.14. The lowest BCUT2D eigenvalue weighted by molar-refractivity contribution is -0.120. The zero-order valence-corrected chi connectivity index (χ0v) is 11.9. The van der Waals surface area contributed by atoms with Crippen molar-refractivity contribution in [2.24, 2.45) is 5.92 Å². The van der Waals surface area contributed by atoms with Gasteiger partial charge in [-0.15, -0.1) is 0 Å². The van der Waals surface area contributed by atoms with Crippen molar-refractivity contribution < 1.29 is 14.7 Å². The minimum Gasteiger partial charge on any atom is -0.478 e. The summed E-state index contributed by atoms with van der Waals surface area (Å²) in [5, 5.41) is 15.0. The summed E-state index contributed by atoms with van der Waals surface area (Å²) in [6.07, 6.45) is 1.85. The summed E-state index contributed by atoms with van der Waals surface area (Å²) in [4.78, 5) is 23.0. The Morgan fingerprint density at radius 3 is 2.84 bits per heavy atom. The van der Waals surface area contributed by atoms with Crippen LogP contribution in [0.25, 0.3) is 0 Å². The molecule has 0 bridgehead atoms. The second-order valence-electron chi connectivity index (χ2n) is 4.53. The van der Waals surface area contributed by atoms with E-state index < -0.39 is 5.97 Å². The molecule has 1 aliphatic rings. The fourth-order valence-electron chi connectivity index (χ4n) is 2.09. The predicted molar refractivity (Wildman–Crippen MR) is 75.3 cm³/mol. The molecule has 0 radical (unpaired) electrons. The van der Waals surface area contributed by atoms with Crippen molar-refractivity contribution in [3.05, 3.63) is 28.2 Å². The third-order valence-corrected chi connectivity index (χ3v) is 3.82. The Hall–Kier alpha value is -1.40. The molecule has 1 fully saturated rings.